The van der Waals surface area contributed by atoms with Crippen LogP contribution in [0, 0.1) is 6.92 Å². The van der Waals surface area contributed by atoms with Gasteiger partial charge in [-0.2, -0.15) is 0 Å². The molecule has 2 N–H and O–H groups in total. The highest BCUT2D eigenvalue weighted by molar-refractivity contribution is 6.31. The molecule has 0 amide bonds. The fraction of sp³-hybridized carbons (Fsp3) is 0.167. The number of nitrogens with one attached hydrogen (secondary N) is 1. The van der Waals surface area contributed by atoms with Crippen LogP contribution in [0.2, 0.25) is 5.02 Å². The first-order chi connectivity index (χ1) is 7.99. The molecule has 17 heavy (non-hydrogen) atoms. The fourth-order valence-corrected chi connectivity index (χ4v) is 1.96. The summed E-state index contributed by atoms with van der Waals surface area (Å²) in [6.07, 6.45) is -0.278. The molecule has 88 valence electrons. The number of carboxylic acids is 1. The lowest BCUT2D eigenvalue weighted by molar-refractivity contribution is -0.136. The van der Waals surface area contributed by atoms with Gasteiger partial charge in [-0.15, -0.1) is 0 Å². The van der Waals surface area contributed by atoms with Crippen LogP contribution >= 0.6 is 11.6 Å². The SMILES string of the molecule is Cc1[nH]c2cc(Cl)ccc2c(=O)c1CC(=O)O. The van der Waals surface area contributed by atoms with Crippen LogP contribution in [-0.2, 0) is 11.2 Å². The number of hydrogen-bond donors (Lipinski definition) is 2. The summed E-state index contributed by atoms with van der Waals surface area (Å²) < 4.78 is 0. The quantitative estimate of drug-likeness (QED) is 0.859. The normalized spacial score (nSPS) is 10.7. The van der Waals surface area contributed by atoms with E-state index < -0.39 is 5.97 Å². The fourth-order valence-electron chi connectivity index (χ4n) is 1.79. The third-order valence-corrected chi connectivity index (χ3v) is 2.84. The number of fused-ring (bicyclic) bond motifs is 1. The molecule has 0 unspecified atom stereocenters. The molecule has 0 atom stereocenters. The highest BCUT2D eigenvalue weighted by Gasteiger charge is 2.12. The van der Waals surface area contributed by atoms with Crippen molar-refractivity contribution in [2.45, 2.75) is 13.3 Å². The van der Waals surface area contributed by atoms with Crippen molar-refractivity contribution < 1.29 is 9.90 Å². The molecule has 0 aliphatic carbocycles. The van der Waals surface area contributed by atoms with Gasteiger partial charge in [0.15, 0.2) is 5.43 Å². The van der Waals surface area contributed by atoms with E-state index in [1.165, 1.54) is 0 Å². The molecule has 0 aliphatic rings. The molecular weight excluding hydrogens is 242 g/mol. The second-order valence-corrected chi connectivity index (χ2v) is 4.25. The van der Waals surface area contributed by atoms with Gasteiger partial charge in [0.1, 0.15) is 0 Å². The van der Waals surface area contributed by atoms with E-state index >= 15 is 0 Å². The zero-order chi connectivity index (χ0) is 12.6. The highest BCUT2D eigenvalue weighted by Crippen LogP contribution is 2.16. The van der Waals surface area contributed by atoms with E-state index in [2.05, 4.69) is 4.98 Å². The van der Waals surface area contributed by atoms with E-state index in [0.29, 0.717) is 21.6 Å². The Hall–Kier alpha value is -1.81. The largest absolute Gasteiger partial charge is 0.481 e. The average Bonchev–Trinajstić information content (AvgIpc) is 2.23. The van der Waals surface area contributed by atoms with Crippen LogP contribution in [0.25, 0.3) is 10.9 Å². The van der Waals surface area contributed by atoms with Crippen molar-refractivity contribution in [2.75, 3.05) is 0 Å². The number of carbonyl (C=O) groups is 1. The van der Waals surface area contributed by atoms with Gasteiger partial charge in [-0.3, -0.25) is 9.59 Å². The van der Waals surface area contributed by atoms with Gasteiger partial charge < -0.3 is 10.1 Å². The van der Waals surface area contributed by atoms with E-state index in [9.17, 15) is 9.59 Å². The molecule has 0 radical (unpaired) electrons. The number of rotatable bonds is 2. The number of carboxylic acid groups (broad SMARTS) is 1. The van der Waals surface area contributed by atoms with Gasteiger partial charge >= 0.3 is 5.97 Å². The summed E-state index contributed by atoms with van der Waals surface area (Å²) in [6, 6.07) is 4.86. The van der Waals surface area contributed by atoms with Crippen molar-refractivity contribution >= 4 is 28.5 Å². The van der Waals surface area contributed by atoms with Crippen molar-refractivity contribution in [3.63, 3.8) is 0 Å². The van der Waals surface area contributed by atoms with Gasteiger partial charge in [-0.1, -0.05) is 11.6 Å². The van der Waals surface area contributed by atoms with Crippen LogP contribution < -0.4 is 5.43 Å². The summed E-state index contributed by atoms with van der Waals surface area (Å²) in [7, 11) is 0. The summed E-state index contributed by atoms with van der Waals surface area (Å²) >= 11 is 5.83. The van der Waals surface area contributed by atoms with Crippen LogP contribution in [0.5, 0.6) is 0 Å². The highest BCUT2D eigenvalue weighted by atomic mass is 35.5. The maximum atomic E-state index is 12.1. The molecule has 0 bridgehead atoms. The predicted octanol–water partition coefficient (Wildman–Crippen LogP) is 2.12. The second-order valence-electron chi connectivity index (χ2n) is 3.82. The van der Waals surface area contributed by atoms with Crippen molar-refractivity contribution in [1.29, 1.82) is 0 Å². The molecule has 1 aromatic heterocycles. The molecular formula is C12H10ClNO3. The Morgan fingerprint density at radius 3 is 2.82 bits per heavy atom. The molecule has 0 spiro atoms. The van der Waals surface area contributed by atoms with Crippen LogP contribution in [0.1, 0.15) is 11.3 Å². The first-order valence-electron chi connectivity index (χ1n) is 5.02. The molecule has 5 heteroatoms. The lowest BCUT2D eigenvalue weighted by Gasteiger charge is -2.06. The molecule has 1 aromatic carbocycles. The third kappa shape index (κ3) is 2.17. The van der Waals surface area contributed by atoms with E-state index in [0.717, 1.165) is 0 Å². The number of pyridine rings is 1. The minimum absolute atomic E-state index is 0.254. The lowest BCUT2D eigenvalue weighted by Crippen LogP contribution is -2.17. The number of aliphatic carboxylic acids is 1. The van der Waals surface area contributed by atoms with Gasteiger partial charge in [0.25, 0.3) is 0 Å². The Bertz CT molecular complexity index is 661. The Morgan fingerprint density at radius 1 is 1.47 bits per heavy atom. The Morgan fingerprint density at radius 2 is 2.18 bits per heavy atom. The standard InChI is InChI=1S/C12H10ClNO3/c1-6-9(5-11(15)16)12(17)8-3-2-7(13)4-10(8)14-6/h2-4H,5H2,1H3,(H,14,17)(H,15,16). The van der Waals surface area contributed by atoms with E-state index in [1.54, 1.807) is 25.1 Å². The van der Waals surface area contributed by atoms with Crippen molar-refractivity contribution in [2.24, 2.45) is 0 Å². The van der Waals surface area contributed by atoms with Crippen molar-refractivity contribution in [3.8, 4) is 0 Å². The van der Waals surface area contributed by atoms with Gasteiger partial charge in [0, 0.05) is 21.7 Å². The van der Waals surface area contributed by atoms with Crippen LogP contribution in [0.4, 0.5) is 0 Å². The minimum Gasteiger partial charge on any atom is -0.481 e. The molecule has 1 heterocycles. The van der Waals surface area contributed by atoms with Gasteiger partial charge in [0.05, 0.1) is 11.9 Å². The van der Waals surface area contributed by atoms with Crippen molar-refractivity contribution in [3.05, 3.63) is 44.7 Å². The molecule has 0 saturated carbocycles. The Balaban J connectivity index is 2.76. The number of aryl methyl sites for hydroxylation is 1. The summed E-state index contributed by atoms with van der Waals surface area (Å²) in [5.41, 5.74) is 1.21. The summed E-state index contributed by atoms with van der Waals surface area (Å²) in [4.78, 5) is 25.8. The third-order valence-electron chi connectivity index (χ3n) is 2.60. The lowest BCUT2D eigenvalue weighted by atomic mass is 10.1. The second kappa shape index (κ2) is 4.22. The Labute approximate surface area is 102 Å². The summed E-state index contributed by atoms with van der Waals surface area (Å²) in [5, 5.41) is 9.74. The first kappa shape index (κ1) is 11.7. The van der Waals surface area contributed by atoms with E-state index in [4.69, 9.17) is 16.7 Å². The topological polar surface area (TPSA) is 70.2 Å². The first-order valence-corrected chi connectivity index (χ1v) is 5.39. The summed E-state index contributed by atoms with van der Waals surface area (Å²) in [5.74, 6) is -1.02. The maximum absolute atomic E-state index is 12.1. The average molecular weight is 252 g/mol. The monoisotopic (exact) mass is 251 g/mol. The van der Waals surface area contributed by atoms with Crippen molar-refractivity contribution in [1.82, 2.24) is 4.98 Å². The Kier molecular flexibility index (Phi) is 2.90. The molecule has 2 aromatic rings. The van der Waals surface area contributed by atoms with Gasteiger partial charge in [-0.25, -0.2) is 0 Å². The number of H-pyrrole nitrogens is 1. The smallest absolute Gasteiger partial charge is 0.308 e. The molecule has 0 saturated heterocycles. The minimum atomic E-state index is -1.02. The van der Waals surface area contributed by atoms with Crippen LogP contribution in [-0.4, -0.2) is 16.1 Å². The van der Waals surface area contributed by atoms with E-state index in [-0.39, 0.29) is 17.4 Å². The zero-order valence-corrected chi connectivity index (χ0v) is 9.84. The molecule has 0 aliphatic heterocycles. The van der Waals surface area contributed by atoms with Gasteiger partial charge in [-0.05, 0) is 25.1 Å². The number of aromatic amines is 1. The van der Waals surface area contributed by atoms with E-state index in [1.807, 2.05) is 0 Å². The maximum Gasteiger partial charge on any atom is 0.308 e. The molecule has 0 fully saturated rings. The number of halogens is 1. The number of benzene rings is 1. The summed E-state index contributed by atoms with van der Waals surface area (Å²) in [6.45, 7) is 1.68. The van der Waals surface area contributed by atoms with Crippen LogP contribution in [0.15, 0.2) is 23.0 Å². The van der Waals surface area contributed by atoms with Gasteiger partial charge in [0.2, 0.25) is 0 Å². The number of aromatic nitrogens is 1. The molecule has 4 nitrogen and oxygen atoms in total. The number of hydrogen-bond acceptors (Lipinski definition) is 2. The molecule has 2 rings (SSSR count). The van der Waals surface area contributed by atoms with Crippen LogP contribution in [0.3, 0.4) is 0 Å². The zero-order valence-electron chi connectivity index (χ0n) is 9.08. The predicted molar refractivity (Wildman–Crippen MR) is 65.7 cm³/mol.